The maximum absolute atomic E-state index is 3.53. The third-order valence-electron chi connectivity index (χ3n) is 2.84. The molecule has 1 aromatic carbocycles. The lowest BCUT2D eigenvalue weighted by molar-refractivity contribution is 0.788. The summed E-state index contributed by atoms with van der Waals surface area (Å²) in [5, 5.41) is 6.40. The molecule has 0 unspecified atom stereocenters. The van der Waals surface area contributed by atoms with Crippen LogP contribution in [0.4, 0.5) is 5.00 Å². The van der Waals surface area contributed by atoms with Gasteiger partial charge in [0.05, 0.1) is 5.00 Å². The van der Waals surface area contributed by atoms with Gasteiger partial charge >= 0.3 is 0 Å². The molecule has 2 heterocycles. The van der Waals surface area contributed by atoms with Crippen LogP contribution < -0.4 is 5.32 Å². The van der Waals surface area contributed by atoms with E-state index in [1.807, 2.05) is 11.3 Å². The summed E-state index contributed by atoms with van der Waals surface area (Å²) in [7, 11) is 0. The summed E-state index contributed by atoms with van der Waals surface area (Å²) in [5.74, 6) is 0. The lowest BCUT2D eigenvalue weighted by Gasteiger charge is -1.98. The Balaban J connectivity index is 2.24. The maximum atomic E-state index is 3.53. The van der Waals surface area contributed by atoms with E-state index in [1.165, 1.54) is 34.3 Å². The summed E-state index contributed by atoms with van der Waals surface area (Å²) >= 11 is 1.90. The van der Waals surface area contributed by atoms with Crippen molar-refractivity contribution in [1.82, 2.24) is 0 Å². The molecule has 0 radical (unpaired) electrons. The fourth-order valence-corrected chi connectivity index (χ4v) is 3.30. The van der Waals surface area contributed by atoms with Crippen molar-refractivity contribution in [2.75, 3.05) is 11.9 Å². The number of benzene rings is 1. The molecule has 0 aliphatic carbocycles. The van der Waals surface area contributed by atoms with Gasteiger partial charge in [-0.25, -0.2) is 0 Å². The Hall–Kier alpha value is -1.02. The maximum Gasteiger partial charge on any atom is 0.0927 e. The van der Waals surface area contributed by atoms with Crippen molar-refractivity contribution < 1.29 is 0 Å². The molecule has 1 aromatic heterocycles. The minimum atomic E-state index is 1.14. The first-order valence-electron chi connectivity index (χ1n) is 5.19. The highest BCUT2D eigenvalue weighted by molar-refractivity contribution is 7.23. The van der Waals surface area contributed by atoms with E-state index >= 15 is 0 Å². The molecule has 72 valence electrons. The van der Waals surface area contributed by atoms with Crippen LogP contribution in [0.3, 0.4) is 0 Å². The zero-order chi connectivity index (χ0) is 9.38. The SMILES string of the molecule is c1ccc2c3c(sc2c1)NCCCC3. The van der Waals surface area contributed by atoms with Gasteiger partial charge in [-0.3, -0.25) is 0 Å². The normalized spacial score (nSPS) is 16.0. The van der Waals surface area contributed by atoms with E-state index in [2.05, 4.69) is 29.6 Å². The van der Waals surface area contributed by atoms with E-state index in [0.29, 0.717) is 0 Å². The van der Waals surface area contributed by atoms with Crippen LogP contribution in [-0.2, 0) is 6.42 Å². The molecule has 0 atom stereocenters. The second-order valence-electron chi connectivity index (χ2n) is 3.79. The summed E-state index contributed by atoms with van der Waals surface area (Å²) in [6.07, 6.45) is 3.86. The molecule has 0 saturated heterocycles. The minimum absolute atomic E-state index is 1.14. The predicted octanol–water partition coefficient (Wildman–Crippen LogP) is 3.65. The van der Waals surface area contributed by atoms with Crippen molar-refractivity contribution in [1.29, 1.82) is 0 Å². The molecule has 2 aromatic rings. The van der Waals surface area contributed by atoms with Gasteiger partial charge in [0.25, 0.3) is 0 Å². The number of anilines is 1. The molecule has 1 aliphatic heterocycles. The van der Waals surface area contributed by atoms with Crippen LogP contribution in [0.5, 0.6) is 0 Å². The molecule has 0 saturated carbocycles. The van der Waals surface area contributed by atoms with Crippen molar-refractivity contribution in [3.63, 3.8) is 0 Å². The van der Waals surface area contributed by atoms with Crippen LogP contribution in [-0.4, -0.2) is 6.54 Å². The van der Waals surface area contributed by atoms with Gasteiger partial charge in [0.15, 0.2) is 0 Å². The summed E-state index contributed by atoms with van der Waals surface area (Å²) in [6, 6.07) is 8.73. The van der Waals surface area contributed by atoms with Crippen LogP contribution in [0.1, 0.15) is 18.4 Å². The average molecular weight is 203 g/mol. The highest BCUT2D eigenvalue weighted by atomic mass is 32.1. The highest BCUT2D eigenvalue weighted by Crippen LogP contribution is 2.37. The molecule has 3 rings (SSSR count). The van der Waals surface area contributed by atoms with Gasteiger partial charge in [0, 0.05) is 11.2 Å². The van der Waals surface area contributed by atoms with Crippen LogP contribution in [0.2, 0.25) is 0 Å². The highest BCUT2D eigenvalue weighted by Gasteiger charge is 2.13. The van der Waals surface area contributed by atoms with Gasteiger partial charge in [-0.05, 0) is 36.3 Å². The van der Waals surface area contributed by atoms with Crippen LogP contribution in [0.25, 0.3) is 10.1 Å². The Labute approximate surface area is 87.8 Å². The third-order valence-corrected chi connectivity index (χ3v) is 4.01. The second-order valence-corrected chi connectivity index (χ2v) is 4.84. The smallest absolute Gasteiger partial charge is 0.0927 e. The van der Waals surface area contributed by atoms with E-state index in [0.717, 1.165) is 6.54 Å². The first kappa shape index (κ1) is 8.30. The Bertz CT molecular complexity index is 458. The molecule has 0 fully saturated rings. The van der Waals surface area contributed by atoms with Gasteiger partial charge in [-0.15, -0.1) is 11.3 Å². The van der Waals surface area contributed by atoms with Crippen LogP contribution in [0.15, 0.2) is 24.3 Å². The monoisotopic (exact) mass is 203 g/mol. The van der Waals surface area contributed by atoms with Crippen LogP contribution >= 0.6 is 11.3 Å². The fraction of sp³-hybridized carbons (Fsp3) is 0.333. The van der Waals surface area contributed by atoms with E-state index in [-0.39, 0.29) is 0 Å². The number of hydrogen-bond donors (Lipinski definition) is 1. The Morgan fingerprint density at radius 3 is 3.07 bits per heavy atom. The second kappa shape index (κ2) is 3.28. The van der Waals surface area contributed by atoms with E-state index in [9.17, 15) is 0 Å². The van der Waals surface area contributed by atoms with E-state index in [4.69, 9.17) is 0 Å². The lowest BCUT2D eigenvalue weighted by atomic mass is 10.1. The Morgan fingerprint density at radius 1 is 1.14 bits per heavy atom. The van der Waals surface area contributed by atoms with Crippen molar-refractivity contribution in [3.05, 3.63) is 29.8 Å². The zero-order valence-electron chi connectivity index (χ0n) is 8.05. The number of fused-ring (bicyclic) bond motifs is 3. The largest absolute Gasteiger partial charge is 0.377 e. The van der Waals surface area contributed by atoms with Crippen molar-refractivity contribution in [3.8, 4) is 0 Å². The molecule has 14 heavy (non-hydrogen) atoms. The molecular weight excluding hydrogens is 190 g/mol. The Morgan fingerprint density at radius 2 is 2.07 bits per heavy atom. The number of hydrogen-bond acceptors (Lipinski definition) is 2. The summed E-state index contributed by atoms with van der Waals surface area (Å²) in [5.41, 5.74) is 1.54. The third kappa shape index (κ3) is 1.22. The first-order chi connectivity index (χ1) is 6.95. The molecule has 2 heteroatoms. The summed E-state index contributed by atoms with van der Waals surface area (Å²) in [6.45, 7) is 1.14. The molecule has 0 bridgehead atoms. The first-order valence-corrected chi connectivity index (χ1v) is 6.01. The molecule has 1 aliphatic rings. The Kier molecular flexibility index (Phi) is 1.95. The van der Waals surface area contributed by atoms with Gasteiger partial charge in [0.2, 0.25) is 0 Å². The minimum Gasteiger partial charge on any atom is -0.377 e. The number of aryl methyl sites for hydroxylation is 1. The van der Waals surface area contributed by atoms with Crippen molar-refractivity contribution in [2.45, 2.75) is 19.3 Å². The van der Waals surface area contributed by atoms with Crippen molar-refractivity contribution >= 4 is 26.4 Å². The summed E-state index contributed by atoms with van der Waals surface area (Å²) in [4.78, 5) is 0. The molecule has 1 nitrogen and oxygen atoms in total. The average Bonchev–Trinajstić information content (AvgIpc) is 2.42. The zero-order valence-corrected chi connectivity index (χ0v) is 8.86. The predicted molar refractivity (Wildman–Crippen MR) is 63.3 cm³/mol. The molecular formula is C12H13NS. The van der Waals surface area contributed by atoms with Crippen molar-refractivity contribution in [2.24, 2.45) is 0 Å². The summed E-state index contributed by atoms with van der Waals surface area (Å²) < 4.78 is 1.42. The van der Waals surface area contributed by atoms with Gasteiger partial charge in [-0.2, -0.15) is 0 Å². The van der Waals surface area contributed by atoms with E-state index in [1.54, 1.807) is 5.56 Å². The van der Waals surface area contributed by atoms with Gasteiger partial charge in [0.1, 0.15) is 0 Å². The van der Waals surface area contributed by atoms with Crippen LogP contribution in [0, 0.1) is 0 Å². The molecule has 1 N–H and O–H groups in total. The van der Waals surface area contributed by atoms with E-state index < -0.39 is 0 Å². The standard InChI is InChI=1S/C12H13NS/c1-2-7-11-9(5-1)10-6-3-4-8-13-12(10)14-11/h1-2,5,7,13H,3-4,6,8H2. The van der Waals surface area contributed by atoms with Gasteiger partial charge in [-0.1, -0.05) is 18.2 Å². The fourth-order valence-electron chi connectivity index (χ4n) is 2.12. The number of nitrogens with one attached hydrogen (secondary N) is 1. The molecule has 0 spiro atoms. The lowest BCUT2D eigenvalue weighted by Crippen LogP contribution is -1.96. The number of thiophene rings is 1. The molecule has 0 amide bonds. The topological polar surface area (TPSA) is 12.0 Å². The number of rotatable bonds is 0. The quantitative estimate of drug-likeness (QED) is 0.689. The van der Waals surface area contributed by atoms with Gasteiger partial charge < -0.3 is 5.32 Å².